The van der Waals surface area contributed by atoms with Gasteiger partial charge in [-0.15, -0.1) is 0 Å². The van der Waals surface area contributed by atoms with Crippen LogP contribution in [0.15, 0.2) is 54.6 Å². The van der Waals surface area contributed by atoms with E-state index in [2.05, 4.69) is 10.6 Å². The maximum atomic E-state index is 14.3. The standard InChI is InChI=1S/C34H49N3O7/c1-10-20-37(30(40)27(22(2)3)36-32(42)44-34(7,8)9)28(24-18-14-15-19-26(24)38)29(39)35-25(31(41)43-33(4,5)6)21-23-16-12-11-13-17-23/h11-19,22,25,27-28,38H,10,20-21H2,1-9H3,(H,35,39)(H,36,42). The predicted octanol–water partition coefficient (Wildman–Crippen LogP) is 5.29. The zero-order valence-corrected chi connectivity index (χ0v) is 27.5. The van der Waals surface area contributed by atoms with Crippen LogP contribution >= 0.6 is 0 Å². The Labute approximate surface area is 261 Å². The number of aromatic hydroxyl groups is 1. The summed E-state index contributed by atoms with van der Waals surface area (Å²) in [6.45, 7) is 15.9. The van der Waals surface area contributed by atoms with Crippen molar-refractivity contribution in [3.05, 3.63) is 65.7 Å². The van der Waals surface area contributed by atoms with E-state index in [1.807, 2.05) is 37.3 Å². The molecule has 2 rings (SSSR count). The molecule has 3 unspecified atom stereocenters. The van der Waals surface area contributed by atoms with Crippen LogP contribution in [0.5, 0.6) is 5.75 Å². The third-order valence-corrected chi connectivity index (χ3v) is 6.43. The molecule has 0 aliphatic heterocycles. The lowest BCUT2D eigenvalue weighted by atomic mass is 9.97. The third kappa shape index (κ3) is 11.2. The molecule has 3 N–H and O–H groups in total. The van der Waals surface area contributed by atoms with E-state index in [4.69, 9.17) is 9.47 Å². The number of para-hydroxylation sites is 1. The molecule has 10 nitrogen and oxygen atoms in total. The molecule has 0 bridgehead atoms. The van der Waals surface area contributed by atoms with E-state index in [-0.39, 0.29) is 30.2 Å². The van der Waals surface area contributed by atoms with Gasteiger partial charge < -0.3 is 30.1 Å². The van der Waals surface area contributed by atoms with Gasteiger partial charge in [0.2, 0.25) is 11.8 Å². The quantitative estimate of drug-likeness (QED) is 0.278. The number of hydrogen-bond donors (Lipinski definition) is 3. The van der Waals surface area contributed by atoms with Gasteiger partial charge in [-0.1, -0.05) is 69.3 Å². The van der Waals surface area contributed by atoms with Crippen LogP contribution in [0.25, 0.3) is 0 Å². The average Bonchev–Trinajstić information content (AvgIpc) is 2.90. The molecule has 0 saturated heterocycles. The molecule has 2 aromatic carbocycles. The van der Waals surface area contributed by atoms with Gasteiger partial charge in [0.15, 0.2) is 0 Å². The molecule has 3 atom stereocenters. The molecular weight excluding hydrogens is 562 g/mol. The van der Waals surface area contributed by atoms with Gasteiger partial charge >= 0.3 is 12.1 Å². The van der Waals surface area contributed by atoms with E-state index in [1.165, 1.54) is 11.0 Å². The number of alkyl carbamates (subject to hydrolysis) is 1. The Kier molecular flexibility index (Phi) is 12.8. The van der Waals surface area contributed by atoms with Gasteiger partial charge in [-0.2, -0.15) is 0 Å². The first-order valence-corrected chi connectivity index (χ1v) is 15.1. The van der Waals surface area contributed by atoms with Gasteiger partial charge in [0.1, 0.15) is 35.1 Å². The maximum absolute atomic E-state index is 14.3. The Morgan fingerprint density at radius 2 is 1.41 bits per heavy atom. The molecular formula is C34H49N3O7. The summed E-state index contributed by atoms with van der Waals surface area (Å²) in [5, 5.41) is 16.4. The summed E-state index contributed by atoms with van der Waals surface area (Å²) in [5.74, 6) is -2.41. The van der Waals surface area contributed by atoms with E-state index in [9.17, 15) is 24.3 Å². The minimum absolute atomic E-state index is 0.125. The molecule has 0 fully saturated rings. The number of phenolic OH excluding ortho intramolecular Hbond substituents is 1. The first-order chi connectivity index (χ1) is 20.4. The Hall–Kier alpha value is -4.08. The molecule has 44 heavy (non-hydrogen) atoms. The number of nitrogens with zero attached hydrogens (tertiary/aromatic N) is 1. The van der Waals surface area contributed by atoms with Crippen LogP contribution in [-0.4, -0.2) is 63.7 Å². The van der Waals surface area contributed by atoms with Crippen LogP contribution in [-0.2, 0) is 30.3 Å². The summed E-state index contributed by atoms with van der Waals surface area (Å²) in [6.07, 6.45) is -0.150. The second-order valence-corrected chi connectivity index (χ2v) is 13.1. The number of hydrogen-bond acceptors (Lipinski definition) is 7. The second-order valence-electron chi connectivity index (χ2n) is 13.1. The number of rotatable bonds is 12. The van der Waals surface area contributed by atoms with Crippen LogP contribution in [0.1, 0.15) is 85.9 Å². The Balaban J connectivity index is 2.57. The summed E-state index contributed by atoms with van der Waals surface area (Å²) in [6, 6.07) is 12.0. The van der Waals surface area contributed by atoms with Crippen molar-refractivity contribution in [1.82, 2.24) is 15.5 Å². The molecule has 10 heteroatoms. The van der Waals surface area contributed by atoms with Gasteiger partial charge in [-0.05, 0) is 65.5 Å². The summed E-state index contributed by atoms with van der Waals surface area (Å²) < 4.78 is 11.0. The molecule has 0 aromatic heterocycles. The molecule has 0 aliphatic rings. The summed E-state index contributed by atoms with van der Waals surface area (Å²) >= 11 is 0. The van der Waals surface area contributed by atoms with Gasteiger partial charge in [0.25, 0.3) is 0 Å². The number of nitrogens with one attached hydrogen (secondary N) is 2. The maximum Gasteiger partial charge on any atom is 0.408 e. The van der Waals surface area contributed by atoms with Crippen LogP contribution in [0.4, 0.5) is 4.79 Å². The molecule has 242 valence electrons. The van der Waals surface area contributed by atoms with E-state index in [1.54, 1.807) is 73.6 Å². The normalized spacial score (nSPS) is 13.8. The van der Waals surface area contributed by atoms with Crippen molar-refractivity contribution in [2.24, 2.45) is 5.92 Å². The summed E-state index contributed by atoms with van der Waals surface area (Å²) in [4.78, 5) is 55.9. The van der Waals surface area contributed by atoms with Crippen molar-refractivity contribution in [1.29, 1.82) is 0 Å². The lowest BCUT2D eigenvalue weighted by Crippen LogP contribution is -2.56. The molecule has 0 spiro atoms. The lowest BCUT2D eigenvalue weighted by Gasteiger charge is -2.36. The highest BCUT2D eigenvalue weighted by molar-refractivity contribution is 5.94. The highest BCUT2D eigenvalue weighted by Gasteiger charge is 2.39. The molecule has 0 saturated carbocycles. The van der Waals surface area contributed by atoms with Gasteiger partial charge in [0.05, 0.1) is 0 Å². The Morgan fingerprint density at radius 1 is 0.841 bits per heavy atom. The van der Waals surface area contributed by atoms with Gasteiger partial charge in [0, 0.05) is 18.5 Å². The fourth-order valence-electron chi connectivity index (χ4n) is 4.57. The highest BCUT2D eigenvalue weighted by atomic mass is 16.6. The van der Waals surface area contributed by atoms with Crippen LogP contribution in [0.3, 0.4) is 0 Å². The van der Waals surface area contributed by atoms with E-state index >= 15 is 0 Å². The molecule has 0 radical (unpaired) electrons. The summed E-state index contributed by atoms with van der Waals surface area (Å²) in [5.41, 5.74) is -0.624. The SMILES string of the molecule is CCCN(C(=O)C(NC(=O)OC(C)(C)C)C(C)C)C(C(=O)NC(Cc1ccccc1)C(=O)OC(C)(C)C)c1ccccc1O. The number of carbonyl (C=O) groups is 4. The highest BCUT2D eigenvalue weighted by Crippen LogP contribution is 2.31. The fraction of sp³-hybridized carbons (Fsp3) is 0.529. The van der Waals surface area contributed by atoms with Crippen molar-refractivity contribution < 1.29 is 33.8 Å². The topological polar surface area (TPSA) is 134 Å². The molecule has 0 aliphatic carbocycles. The van der Waals surface area contributed by atoms with Crippen LogP contribution < -0.4 is 10.6 Å². The van der Waals surface area contributed by atoms with Crippen molar-refractivity contribution in [2.45, 2.75) is 104 Å². The van der Waals surface area contributed by atoms with Crippen molar-refractivity contribution >= 4 is 23.9 Å². The second kappa shape index (κ2) is 15.6. The number of benzene rings is 2. The average molecular weight is 612 g/mol. The predicted molar refractivity (Wildman–Crippen MR) is 169 cm³/mol. The monoisotopic (exact) mass is 611 g/mol. The third-order valence-electron chi connectivity index (χ3n) is 6.43. The van der Waals surface area contributed by atoms with Crippen molar-refractivity contribution in [3.8, 4) is 5.75 Å². The van der Waals surface area contributed by atoms with Crippen molar-refractivity contribution in [3.63, 3.8) is 0 Å². The first-order valence-electron chi connectivity index (χ1n) is 15.1. The fourth-order valence-corrected chi connectivity index (χ4v) is 4.57. The Morgan fingerprint density at radius 3 is 1.93 bits per heavy atom. The van der Waals surface area contributed by atoms with Gasteiger partial charge in [-0.3, -0.25) is 9.59 Å². The molecule has 3 amide bonds. The molecule has 0 heterocycles. The minimum atomic E-state index is -1.33. The Bertz CT molecular complexity index is 1270. The minimum Gasteiger partial charge on any atom is -0.508 e. The van der Waals surface area contributed by atoms with E-state index < -0.39 is 53.2 Å². The smallest absolute Gasteiger partial charge is 0.408 e. The number of amides is 3. The van der Waals surface area contributed by atoms with E-state index in [0.717, 1.165) is 5.56 Å². The van der Waals surface area contributed by atoms with Crippen LogP contribution in [0.2, 0.25) is 0 Å². The largest absolute Gasteiger partial charge is 0.508 e. The number of phenols is 1. The lowest BCUT2D eigenvalue weighted by molar-refractivity contribution is -0.159. The summed E-state index contributed by atoms with van der Waals surface area (Å²) in [7, 11) is 0. The number of carbonyl (C=O) groups excluding carboxylic acids is 4. The van der Waals surface area contributed by atoms with Gasteiger partial charge in [-0.25, -0.2) is 9.59 Å². The number of esters is 1. The zero-order valence-electron chi connectivity index (χ0n) is 27.5. The van der Waals surface area contributed by atoms with Crippen LogP contribution in [0, 0.1) is 5.92 Å². The zero-order chi connectivity index (χ0) is 33.2. The number of ether oxygens (including phenoxy) is 2. The first kappa shape index (κ1) is 36.1. The molecule has 2 aromatic rings. The van der Waals surface area contributed by atoms with Crippen molar-refractivity contribution in [2.75, 3.05) is 6.54 Å². The van der Waals surface area contributed by atoms with E-state index in [0.29, 0.717) is 6.42 Å².